The number of hydrogen-bond donors (Lipinski definition) is 0. The Bertz CT molecular complexity index is 316. The van der Waals surface area contributed by atoms with Gasteiger partial charge in [0.05, 0.1) is 0 Å². The molecule has 0 unspecified atom stereocenters. The lowest BCUT2D eigenvalue weighted by molar-refractivity contribution is 0.0751. The van der Waals surface area contributed by atoms with Gasteiger partial charge in [0.2, 0.25) is 0 Å². The lowest BCUT2D eigenvalue weighted by atomic mass is 10.3. The minimum atomic E-state index is 0.0723. The van der Waals surface area contributed by atoms with Crippen molar-refractivity contribution in [2.24, 2.45) is 0 Å². The zero-order valence-corrected chi connectivity index (χ0v) is 10.4. The second kappa shape index (κ2) is 5.85. The van der Waals surface area contributed by atoms with E-state index in [1.807, 2.05) is 17.9 Å². The predicted molar refractivity (Wildman–Crippen MR) is 63.3 cm³/mol. The van der Waals surface area contributed by atoms with Crippen molar-refractivity contribution in [3.63, 3.8) is 0 Å². The van der Waals surface area contributed by atoms with E-state index in [9.17, 15) is 4.79 Å². The number of nitrogens with zero attached hydrogens (tertiary/aromatic N) is 2. The van der Waals surface area contributed by atoms with Gasteiger partial charge in [-0.25, -0.2) is 0 Å². The number of carbonyl (C=O) groups excluding carboxylic acids is 1. The summed E-state index contributed by atoms with van der Waals surface area (Å²) >= 11 is 1.39. The summed E-state index contributed by atoms with van der Waals surface area (Å²) in [6.07, 6.45) is 1.99. The van der Waals surface area contributed by atoms with E-state index >= 15 is 0 Å². The third-order valence-corrected chi connectivity index (χ3v) is 2.82. The van der Waals surface area contributed by atoms with Gasteiger partial charge in [-0.2, -0.15) is 4.37 Å². The molecule has 0 radical (unpaired) electrons. The summed E-state index contributed by atoms with van der Waals surface area (Å²) in [5.74, 6) is 0.0723. The maximum atomic E-state index is 12.0. The molecule has 1 aromatic rings. The number of amides is 1. The van der Waals surface area contributed by atoms with Crippen molar-refractivity contribution in [1.82, 2.24) is 9.27 Å². The Kier molecular flexibility index (Phi) is 4.75. The molecule has 0 aromatic carbocycles. The van der Waals surface area contributed by atoms with Crippen LogP contribution in [0.4, 0.5) is 0 Å². The molecule has 0 saturated carbocycles. The van der Waals surface area contributed by atoms with Gasteiger partial charge in [0.15, 0.2) is 0 Å². The maximum absolute atomic E-state index is 12.0. The molecule has 0 atom stereocenters. The van der Waals surface area contributed by atoms with Crippen LogP contribution in [0, 0.1) is 6.92 Å². The molecule has 0 fully saturated rings. The molecular formula is C11H18N2OS. The SMILES string of the molecule is CCCN(CCC)C(=O)c1cc(C)sn1. The molecule has 1 aromatic heterocycles. The highest BCUT2D eigenvalue weighted by molar-refractivity contribution is 7.05. The van der Waals surface area contributed by atoms with E-state index in [0.29, 0.717) is 5.69 Å². The average Bonchev–Trinajstić information content (AvgIpc) is 2.63. The third kappa shape index (κ3) is 3.30. The van der Waals surface area contributed by atoms with Gasteiger partial charge in [-0.15, -0.1) is 0 Å². The Morgan fingerprint density at radius 2 is 2.00 bits per heavy atom. The van der Waals surface area contributed by atoms with Gasteiger partial charge in [0, 0.05) is 18.0 Å². The maximum Gasteiger partial charge on any atom is 0.273 e. The lowest BCUT2D eigenvalue weighted by Gasteiger charge is -2.20. The molecule has 0 aliphatic rings. The van der Waals surface area contributed by atoms with Gasteiger partial charge in [-0.05, 0) is 37.4 Å². The van der Waals surface area contributed by atoms with Gasteiger partial charge >= 0.3 is 0 Å². The second-order valence-corrected chi connectivity index (χ2v) is 4.62. The van der Waals surface area contributed by atoms with Crippen LogP contribution in [0.1, 0.15) is 42.1 Å². The monoisotopic (exact) mass is 226 g/mol. The predicted octanol–water partition coefficient (Wildman–Crippen LogP) is 2.71. The fourth-order valence-electron chi connectivity index (χ4n) is 1.48. The Balaban J connectivity index is 2.71. The van der Waals surface area contributed by atoms with Crippen LogP contribution < -0.4 is 0 Å². The van der Waals surface area contributed by atoms with Gasteiger partial charge < -0.3 is 4.90 Å². The van der Waals surface area contributed by atoms with Crippen LogP contribution in [0.5, 0.6) is 0 Å². The molecule has 1 rings (SSSR count). The lowest BCUT2D eigenvalue weighted by Crippen LogP contribution is -2.32. The molecule has 3 nitrogen and oxygen atoms in total. The molecule has 15 heavy (non-hydrogen) atoms. The van der Waals surface area contributed by atoms with Crippen molar-refractivity contribution in [2.45, 2.75) is 33.6 Å². The largest absolute Gasteiger partial charge is 0.337 e. The van der Waals surface area contributed by atoms with E-state index < -0.39 is 0 Å². The number of carbonyl (C=O) groups is 1. The molecule has 84 valence electrons. The van der Waals surface area contributed by atoms with Crippen LogP contribution >= 0.6 is 11.5 Å². The molecule has 0 saturated heterocycles. The molecule has 0 aliphatic carbocycles. The van der Waals surface area contributed by atoms with E-state index in [4.69, 9.17) is 0 Å². The zero-order chi connectivity index (χ0) is 11.3. The van der Waals surface area contributed by atoms with Gasteiger partial charge in [0.1, 0.15) is 5.69 Å². The highest BCUT2D eigenvalue weighted by atomic mass is 32.1. The fraction of sp³-hybridized carbons (Fsp3) is 0.636. The second-order valence-electron chi connectivity index (χ2n) is 3.62. The van der Waals surface area contributed by atoms with Crippen molar-refractivity contribution in [3.8, 4) is 0 Å². The minimum absolute atomic E-state index is 0.0723. The topological polar surface area (TPSA) is 33.2 Å². The van der Waals surface area contributed by atoms with Crippen LogP contribution in [-0.4, -0.2) is 28.3 Å². The summed E-state index contributed by atoms with van der Waals surface area (Å²) in [5, 5.41) is 0. The first-order chi connectivity index (χ1) is 7.19. The zero-order valence-electron chi connectivity index (χ0n) is 9.62. The van der Waals surface area contributed by atoms with E-state index in [1.165, 1.54) is 11.5 Å². The summed E-state index contributed by atoms with van der Waals surface area (Å²) < 4.78 is 4.15. The number of aromatic nitrogens is 1. The highest BCUT2D eigenvalue weighted by Crippen LogP contribution is 2.11. The molecule has 1 heterocycles. The van der Waals surface area contributed by atoms with Crippen molar-refractivity contribution < 1.29 is 4.79 Å². The van der Waals surface area contributed by atoms with Crippen LogP contribution in [0.2, 0.25) is 0 Å². The highest BCUT2D eigenvalue weighted by Gasteiger charge is 2.16. The Morgan fingerprint density at radius 1 is 1.40 bits per heavy atom. The summed E-state index contributed by atoms with van der Waals surface area (Å²) in [6, 6.07) is 1.87. The Hall–Kier alpha value is -0.900. The first-order valence-corrected chi connectivity index (χ1v) is 6.19. The summed E-state index contributed by atoms with van der Waals surface area (Å²) in [4.78, 5) is 15.0. The molecule has 0 N–H and O–H groups in total. The van der Waals surface area contributed by atoms with Gasteiger partial charge in [-0.1, -0.05) is 13.8 Å². The first-order valence-electron chi connectivity index (χ1n) is 5.41. The Morgan fingerprint density at radius 3 is 2.40 bits per heavy atom. The van der Waals surface area contributed by atoms with Crippen LogP contribution in [0.25, 0.3) is 0 Å². The molecule has 4 heteroatoms. The molecule has 0 spiro atoms. The smallest absolute Gasteiger partial charge is 0.273 e. The Labute approximate surface area is 95.3 Å². The van der Waals surface area contributed by atoms with E-state index in [1.54, 1.807) is 0 Å². The fourth-order valence-corrected chi connectivity index (χ4v) is 2.02. The standard InChI is InChI=1S/C11H18N2OS/c1-4-6-13(7-5-2)11(14)10-8-9(3)15-12-10/h8H,4-7H2,1-3H3. The first kappa shape index (κ1) is 12.2. The number of rotatable bonds is 5. The summed E-state index contributed by atoms with van der Waals surface area (Å²) in [7, 11) is 0. The van der Waals surface area contributed by atoms with E-state index in [2.05, 4.69) is 18.2 Å². The van der Waals surface area contributed by atoms with Crippen molar-refractivity contribution >= 4 is 17.4 Å². The van der Waals surface area contributed by atoms with Crippen molar-refractivity contribution in [1.29, 1.82) is 0 Å². The van der Waals surface area contributed by atoms with Crippen molar-refractivity contribution in [3.05, 3.63) is 16.6 Å². The van der Waals surface area contributed by atoms with Gasteiger partial charge in [0.25, 0.3) is 5.91 Å². The average molecular weight is 226 g/mol. The van der Waals surface area contributed by atoms with Crippen LogP contribution in [0.3, 0.4) is 0 Å². The summed E-state index contributed by atoms with van der Waals surface area (Å²) in [6.45, 7) is 7.79. The molecule has 0 bridgehead atoms. The molecular weight excluding hydrogens is 208 g/mol. The molecule has 0 aliphatic heterocycles. The van der Waals surface area contributed by atoms with Crippen molar-refractivity contribution in [2.75, 3.05) is 13.1 Å². The van der Waals surface area contributed by atoms with Crippen LogP contribution in [0.15, 0.2) is 6.07 Å². The van der Waals surface area contributed by atoms with Gasteiger partial charge in [-0.3, -0.25) is 4.79 Å². The number of aryl methyl sites for hydroxylation is 1. The van der Waals surface area contributed by atoms with E-state index in [-0.39, 0.29) is 5.91 Å². The third-order valence-electron chi connectivity index (χ3n) is 2.12. The van der Waals surface area contributed by atoms with Crippen LogP contribution in [-0.2, 0) is 0 Å². The quantitative estimate of drug-likeness (QED) is 0.773. The summed E-state index contributed by atoms with van der Waals surface area (Å²) in [5.41, 5.74) is 0.597. The minimum Gasteiger partial charge on any atom is -0.337 e. The molecule has 1 amide bonds. The normalized spacial score (nSPS) is 10.3. The van der Waals surface area contributed by atoms with E-state index in [0.717, 1.165) is 30.8 Å². The number of hydrogen-bond acceptors (Lipinski definition) is 3.